The molecule has 230 valence electrons. The molecular weight excluding hydrogens is 604 g/mol. The monoisotopic (exact) mass is 630 g/mol. The van der Waals surface area contributed by atoms with Crippen LogP contribution in [0.3, 0.4) is 0 Å². The zero-order chi connectivity index (χ0) is 32.3. The number of hydrogen-bond acceptors (Lipinski definition) is 10. The number of anilines is 1. The van der Waals surface area contributed by atoms with Crippen LogP contribution in [-0.2, 0) is 26.2 Å². The van der Waals surface area contributed by atoms with Gasteiger partial charge < -0.3 is 9.64 Å². The first kappa shape index (κ1) is 30.9. The van der Waals surface area contributed by atoms with Crippen molar-refractivity contribution in [1.82, 2.24) is 30.1 Å². The summed E-state index contributed by atoms with van der Waals surface area (Å²) in [6.45, 7) is 3.83. The Morgan fingerprint density at radius 3 is 2.60 bits per heavy atom. The molecule has 0 fully saturated rings. The van der Waals surface area contributed by atoms with E-state index >= 15 is 0 Å². The molecule has 1 aliphatic rings. The summed E-state index contributed by atoms with van der Waals surface area (Å²) in [5, 5.41) is 25.9. The molecule has 3 heterocycles. The Bertz CT molecular complexity index is 1810. The molecule has 0 radical (unpaired) electrons. The number of nitrogens with one attached hydrogen (secondary N) is 1. The molecule has 1 aliphatic heterocycles. The summed E-state index contributed by atoms with van der Waals surface area (Å²) in [7, 11) is 1.25. The van der Waals surface area contributed by atoms with Crippen molar-refractivity contribution in [3.8, 4) is 5.69 Å². The number of nitro groups is 1. The summed E-state index contributed by atoms with van der Waals surface area (Å²) >= 11 is 6.24. The third-order valence-electron chi connectivity index (χ3n) is 7.27. The molecule has 4 aromatic rings. The molecule has 5 rings (SSSR count). The number of nitrogens with zero attached hydrogens (tertiary/aromatic N) is 7. The van der Waals surface area contributed by atoms with Gasteiger partial charge >= 0.3 is 6.09 Å². The zero-order valence-corrected chi connectivity index (χ0v) is 25.1. The first-order valence-corrected chi connectivity index (χ1v) is 14.0. The second kappa shape index (κ2) is 12.6. The van der Waals surface area contributed by atoms with Gasteiger partial charge in [-0.25, -0.2) is 4.79 Å². The highest BCUT2D eigenvalue weighted by Gasteiger charge is 2.44. The van der Waals surface area contributed by atoms with Gasteiger partial charge in [-0.2, -0.15) is 4.68 Å². The molecule has 2 aromatic carbocycles. The minimum atomic E-state index is -1.16. The standard InChI is InChI=1S/C30H27ClN8O6/c1-30(2)16-37(26(41)11-6-19-13-20(31)7-10-24(19)38-17-33-35-36-38)27(23-14-22(39(43)44)15-32-28(23)30)25(40)12-18-4-8-21(9-5-18)34-29(42)45-3/h4-11,13-15,17,27H,12,16H2,1-3H3,(H,34,42)/b11-6+. The van der Waals surface area contributed by atoms with E-state index in [4.69, 9.17) is 11.6 Å². The van der Waals surface area contributed by atoms with Crippen LogP contribution in [0.1, 0.15) is 42.3 Å². The van der Waals surface area contributed by atoms with Crippen LogP contribution in [0.2, 0.25) is 5.02 Å². The van der Waals surface area contributed by atoms with Gasteiger partial charge in [0, 0.05) is 52.4 Å². The number of Topliss-reactive ketones (excluding diaryl/α,β-unsaturated/α-hetero) is 1. The highest BCUT2D eigenvalue weighted by atomic mass is 35.5. The van der Waals surface area contributed by atoms with E-state index in [1.807, 2.05) is 13.8 Å². The second-order valence-electron chi connectivity index (χ2n) is 10.9. The lowest BCUT2D eigenvalue weighted by atomic mass is 9.77. The average Bonchev–Trinajstić information content (AvgIpc) is 3.55. The lowest BCUT2D eigenvalue weighted by molar-refractivity contribution is -0.385. The second-order valence-corrected chi connectivity index (χ2v) is 11.3. The van der Waals surface area contributed by atoms with E-state index in [0.29, 0.717) is 33.2 Å². The highest BCUT2D eigenvalue weighted by Crippen LogP contribution is 2.41. The highest BCUT2D eigenvalue weighted by molar-refractivity contribution is 6.30. The summed E-state index contributed by atoms with van der Waals surface area (Å²) in [4.78, 5) is 56.4. The number of aromatic nitrogens is 5. The lowest BCUT2D eigenvalue weighted by Crippen LogP contribution is -2.50. The Balaban J connectivity index is 1.51. The third kappa shape index (κ3) is 6.70. The fraction of sp³-hybridized carbons (Fsp3) is 0.233. The first-order chi connectivity index (χ1) is 21.5. The van der Waals surface area contributed by atoms with Crippen LogP contribution in [0.25, 0.3) is 11.8 Å². The number of carbonyl (C=O) groups is 3. The van der Waals surface area contributed by atoms with Gasteiger partial charge in [-0.05, 0) is 52.4 Å². The number of fused-ring (bicyclic) bond motifs is 1. The van der Waals surface area contributed by atoms with Crippen molar-refractivity contribution in [3.05, 3.63) is 105 Å². The maximum absolute atomic E-state index is 14.0. The topological polar surface area (TPSA) is 175 Å². The van der Waals surface area contributed by atoms with Gasteiger partial charge in [0.05, 0.1) is 23.4 Å². The molecule has 1 N–H and O–H groups in total. The fourth-order valence-electron chi connectivity index (χ4n) is 5.22. The minimum Gasteiger partial charge on any atom is -0.453 e. The number of pyridine rings is 1. The Morgan fingerprint density at radius 2 is 1.93 bits per heavy atom. The predicted molar refractivity (Wildman–Crippen MR) is 163 cm³/mol. The maximum Gasteiger partial charge on any atom is 0.411 e. The van der Waals surface area contributed by atoms with Crippen LogP contribution in [0.15, 0.2) is 67.1 Å². The molecule has 2 aromatic heterocycles. The molecule has 0 saturated carbocycles. The van der Waals surface area contributed by atoms with Gasteiger partial charge in [0.25, 0.3) is 5.69 Å². The number of ketones is 1. The number of carbonyl (C=O) groups excluding carboxylic acids is 3. The number of halogens is 1. The van der Waals surface area contributed by atoms with E-state index in [0.717, 1.165) is 6.20 Å². The number of tetrazole rings is 1. The van der Waals surface area contributed by atoms with Gasteiger partial charge in [-0.1, -0.05) is 37.6 Å². The summed E-state index contributed by atoms with van der Waals surface area (Å²) in [5.41, 5.74) is 1.92. The minimum absolute atomic E-state index is 0.100. The molecule has 0 aliphatic carbocycles. The molecule has 0 saturated heterocycles. The van der Waals surface area contributed by atoms with Crippen molar-refractivity contribution in [2.45, 2.75) is 31.7 Å². The van der Waals surface area contributed by atoms with Crippen LogP contribution in [-0.4, -0.2) is 66.5 Å². The molecule has 1 atom stereocenters. The average molecular weight is 631 g/mol. The van der Waals surface area contributed by atoms with Crippen molar-refractivity contribution in [2.24, 2.45) is 0 Å². The van der Waals surface area contributed by atoms with Gasteiger partial charge in [0.1, 0.15) is 18.6 Å². The van der Waals surface area contributed by atoms with Gasteiger partial charge in [-0.3, -0.25) is 30.0 Å². The van der Waals surface area contributed by atoms with Crippen LogP contribution in [0, 0.1) is 10.1 Å². The Labute approximate surface area is 261 Å². The van der Waals surface area contributed by atoms with E-state index in [2.05, 4.69) is 30.6 Å². The predicted octanol–water partition coefficient (Wildman–Crippen LogP) is 4.48. The van der Waals surface area contributed by atoms with Crippen molar-refractivity contribution in [2.75, 3.05) is 19.0 Å². The van der Waals surface area contributed by atoms with Gasteiger partial charge in [0.2, 0.25) is 5.91 Å². The molecular formula is C30H27ClN8O6. The van der Waals surface area contributed by atoms with Crippen molar-refractivity contribution < 1.29 is 24.0 Å². The van der Waals surface area contributed by atoms with E-state index in [-0.39, 0.29) is 30.0 Å². The van der Waals surface area contributed by atoms with Gasteiger partial charge in [0.15, 0.2) is 5.78 Å². The van der Waals surface area contributed by atoms with Crippen LogP contribution in [0.5, 0.6) is 0 Å². The molecule has 0 spiro atoms. The molecule has 1 unspecified atom stereocenters. The van der Waals surface area contributed by atoms with Crippen LogP contribution in [0.4, 0.5) is 16.2 Å². The molecule has 45 heavy (non-hydrogen) atoms. The fourth-order valence-corrected chi connectivity index (χ4v) is 5.41. The summed E-state index contributed by atoms with van der Waals surface area (Å²) in [6.07, 6.45) is 4.69. The molecule has 15 heteroatoms. The third-order valence-corrected chi connectivity index (χ3v) is 7.50. The quantitative estimate of drug-likeness (QED) is 0.166. The lowest BCUT2D eigenvalue weighted by Gasteiger charge is -2.43. The summed E-state index contributed by atoms with van der Waals surface area (Å²) < 4.78 is 6.02. The molecule has 14 nitrogen and oxygen atoms in total. The summed E-state index contributed by atoms with van der Waals surface area (Å²) in [6, 6.07) is 11.7. The number of hydrogen-bond donors (Lipinski definition) is 1. The van der Waals surface area contributed by atoms with E-state index in [1.165, 1.54) is 35.2 Å². The van der Waals surface area contributed by atoms with E-state index < -0.39 is 28.4 Å². The number of ether oxygens (including phenoxy) is 1. The SMILES string of the molecule is COC(=O)Nc1ccc(CC(=O)C2c3cc([N+](=O)[O-])cnc3C(C)(C)CN2C(=O)/C=C/c2cc(Cl)ccc2-n2cnnn2)cc1. The smallest absolute Gasteiger partial charge is 0.411 e. The van der Waals surface area contributed by atoms with E-state index in [1.54, 1.807) is 48.5 Å². The van der Waals surface area contributed by atoms with Crippen molar-refractivity contribution in [1.29, 1.82) is 0 Å². The Hall–Kier alpha value is -5.50. The number of benzene rings is 2. The Morgan fingerprint density at radius 1 is 1.18 bits per heavy atom. The summed E-state index contributed by atoms with van der Waals surface area (Å²) in [5.74, 6) is -0.875. The normalized spacial score (nSPS) is 15.4. The van der Waals surface area contributed by atoms with Crippen molar-refractivity contribution >= 4 is 46.8 Å². The van der Waals surface area contributed by atoms with Gasteiger partial charge in [-0.15, -0.1) is 5.10 Å². The number of methoxy groups -OCH3 is 1. The van der Waals surface area contributed by atoms with Crippen LogP contribution >= 0.6 is 11.6 Å². The Kier molecular flexibility index (Phi) is 8.68. The van der Waals surface area contributed by atoms with Crippen molar-refractivity contribution in [3.63, 3.8) is 0 Å². The number of rotatable bonds is 8. The van der Waals surface area contributed by atoms with Crippen LogP contribution < -0.4 is 5.32 Å². The molecule has 2 amide bonds. The van der Waals surface area contributed by atoms with E-state index in [9.17, 15) is 24.5 Å². The largest absolute Gasteiger partial charge is 0.453 e. The molecule has 0 bridgehead atoms. The first-order valence-electron chi connectivity index (χ1n) is 13.6. The zero-order valence-electron chi connectivity index (χ0n) is 24.4. The maximum atomic E-state index is 14.0. The number of amides is 2.